The van der Waals surface area contributed by atoms with Gasteiger partial charge in [-0.3, -0.25) is 0 Å². The number of fused-ring (bicyclic) bond motifs is 10. The molecule has 0 unspecified atom stereocenters. The first-order valence-electron chi connectivity index (χ1n) is 13.2. The normalized spacial score (nSPS) is 12.1. The van der Waals surface area contributed by atoms with Gasteiger partial charge in [-0.05, 0) is 47.9 Å². The lowest BCUT2D eigenvalue weighted by Gasteiger charge is -2.10. The predicted octanol–water partition coefficient (Wildman–Crippen LogP) is 10.8. The standard InChI is InChI=1S/C35H19ClN2OS/c36-27-19-28-34(31-26-10-4-6-12-30(26)39-33(27)31)40-35(37-28)21-13-16-22(17-14-21)38-29-11-5-3-9-24(29)25-18-15-20-7-1-2-8-23(20)32(25)38/h1-19H. The number of thiazole rings is 1. The van der Waals surface area contributed by atoms with Gasteiger partial charge in [-0.1, -0.05) is 84.4 Å². The van der Waals surface area contributed by atoms with E-state index in [1.54, 1.807) is 11.3 Å². The number of nitrogens with zero attached hydrogens (tertiary/aromatic N) is 2. The minimum atomic E-state index is 0.587. The summed E-state index contributed by atoms with van der Waals surface area (Å²) >= 11 is 8.33. The van der Waals surface area contributed by atoms with Crippen LogP contribution in [0.15, 0.2) is 120 Å². The zero-order chi connectivity index (χ0) is 26.4. The summed E-state index contributed by atoms with van der Waals surface area (Å²) in [7, 11) is 0. The molecule has 0 fully saturated rings. The topological polar surface area (TPSA) is 31.0 Å². The Morgan fingerprint density at radius 2 is 1.45 bits per heavy atom. The highest BCUT2D eigenvalue weighted by atomic mass is 35.5. The first-order chi connectivity index (χ1) is 19.7. The Bertz CT molecular complexity index is 2450. The van der Waals surface area contributed by atoms with Gasteiger partial charge in [0.25, 0.3) is 0 Å². The third-order valence-electron chi connectivity index (χ3n) is 7.89. The van der Waals surface area contributed by atoms with Crippen LogP contribution in [0.2, 0.25) is 5.02 Å². The highest BCUT2D eigenvalue weighted by Gasteiger charge is 2.19. The molecular formula is C35H19ClN2OS. The third kappa shape index (κ3) is 3.03. The van der Waals surface area contributed by atoms with E-state index in [2.05, 4.69) is 95.6 Å². The molecule has 3 nitrogen and oxygen atoms in total. The summed E-state index contributed by atoms with van der Waals surface area (Å²) in [6.45, 7) is 0. The predicted molar refractivity (Wildman–Crippen MR) is 169 cm³/mol. The molecule has 0 aliphatic heterocycles. The van der Waals surface area contributed by atoms with Gasteiger partial charge in [0.1, 0.15) is 10.6 Å². The summed E-state index contributed by atoms with van der Waals surface area (Å²) in [4.78, 5) is 5.00. The van der Waals surface area contributed by atoms with Crippen LogP contribution >= 0.6 is 22.9 Å². The van der Waals surface area contributed by atoms with Crippen molar-refractivity contribution in [2.24, 2.45) is 0 Å². The van der Waals surface area contributed by atoms with Crippen molar-refractivity contribution in [2.75, 3.05) is 0 Å². The van der Waals surface area contributed by atoms with E-state index in [1.807, 2.05) is 24.3 Å². The minimum Gasteiger partial charge on any atom is -0.454 e. The highest BCUT2D eigenvalue weighted by Crippen LogP contribution is 2.43. The minimum absolute atomic E-state index is 0.587. The molecule has 0 bridgehead atoms. The van der Waals surface area contributed by atoms with Crippen molar-refractivity contribution in [2.45, 2.75) is 0 Å². The van der Waals surface area contributed by atoms with Crippen LogP contribution in [-0.2, 0) is 0 Å². The molecule has 0 aliphatic carbocycles. The van der Waals surface area contributed by atoms with E-state index in [0.29, 0.717) is 5.02 Å². The van der Waals surface area contributed by atoms with Crippen LogP contribution in [0.5, 0.6) is 0 Å². The van der Waals surface area contributed by atoms with Crippen molar-refractivity contribution in [3.8, 4) is 16.3 Å². The van der Waals surface area contributed by atoms with Crippen molar-refractivity contribution in [3.05, 3.63) is 120 Å². The first-order valence-corrected chi connectivity index (χ1v) is 14.4. The smallest absolute Gasteiger partial charge is 0.155 e. The third-order valence-corrected chi connectivity index (χ3v) is 9.31. The molecule has 0 aliphatic rings. The molecule has 0 amide bonds. The maximum atomic E-state index is 6.65. The van der Waals surface area contributed by atoms with Crippen LogP contribution < -0.4 is 0 Å². The lowest BCUT2D eigenvalue weighted by atomic mass is 10.1. The summed E-state index contributed by atoms with van der Waals surface area (Å²) in [5.74, 6) is 0. The van der Waals surface area contributed by atoms with Gasteiger partial charge < -0.3 is 8.98 Å². The zero-order valence-corrected chi connectivity index (χ0v) is 22.6. The van der Waals surface area contributed by atoms with Gasteiger partial charge in [0, 0.05) is 38.2 Å². The molecule has 9 aromatic rings. The highest BCUT2D eigenvalue weighted by molar-refractivity contribution is 7.22. The van der Waals surface area contributed by atoms with Crippen LogP contribution in [0.3, 0.4) is 0 Å². The van der Waals surface area contributed by atoms with Crippen LogP contribution in [0.25, 0.3) is 81.0 Å². The molecule has 0 N–H and O–H groups in total. The maximum Gasteiger partial charge on any atom is 0.155 e. The Labute approximate surface area is 237 Å². The van der Waals surface area contributed by atoms with E-state index in [4.69, 9.17) is 21.0 Å². The number of halogens is 1. The van der Waals surface area contributed by atoms with Gasteiger partial charge >= 0.3 is 0 Å². The molecule has 0 saturated carbocycles. The summed E-state index contributed by atoms with van der Waals surface area (Å²) < 4.78 is 9.59. The average Bonchev–Trinajstić information content (AvgIpc) is 3.69. The molecule has 40 heavy (non-hydrogen) atoms. The van der Waals surface area contributed by atoms with Crippen LogP contribution in [0.4, 0.5) is 0 Å². The van der Waals surface area contributed by atoms with E-state index < -0.39 is 0 Å². The molecule has 6 aromatic carbocycles. The van der Waals surface area contributed by atoms with Crippen LogP contribution in [0, 0.1) is 0 Å². The fourth-order valence-corrected chi connectivity index (χ4v) is 7.45. The number of rotatable bonds is 2. The summed E-state index contributed by atoms with van der Waals surface area (Å²) in [6.07, 6.45) is 0. The Balaban J connectivity index is 1.24. The second kappa shape index (κ2) is 8.18. The van der Waals surface area contributed by atoms with Crippen molar-refractivity contribution in [1.29, 1.82) is 0 Å². The van der Waals surface area contributed by atoms with E-state index in [9.17, 15) is 0 Å². The number of hydrogen-bond acceptors (Lipinski definition) is 3. The van der Waals surface area contributed by atoms with Gasteiger partial charge in [-0.2, -0.15) is 0 Å². The van der Waals surface area contributed by atoms with Crippen molar-refractivity contribution in [3.63, 3.8) is 0 Å². The largest absolute Gasteiger partial charge is 0.454 e. The summed E-state index contributed by atoms with van der Waals surface area (Å²) in [5, 5.41) is 8.66. The summed E-state index contributed by atoms with van der Waals surface area (Å²) in [5.41, 5.74) is 7.08. The summed E-state index contributed by atoms with van der Waals surface area (Å²) in [6, 6.07) is 40.5. The fraction of sp³-hybridized carbons (Fsp3) is 0. The molecular weight excluding hydrogens is 532 g/mol. The van der Waals surface area contributed by atoms with Crippen LogP contribution in [0.1, 0.15) is 0 Å². The molecule has 3 heterocycles. The maximum absolute atomic E-state index is 6.65. The molecule has 9 rings (SSSR count). The molecule has 0 radical (unpaired) electrons. The molecule has 0 saturated heterocycles. The van der Waals surface area contributed by atoms with Gasteiger partial charge in [-0.15, -0.1) is 11.3 Å². The Hall–Kier alpha value is -4.64. The van der Waals surface area contributed by atoms with Crippen molar-refractivity contribution < 1.29 is 4.42 Å². The second-order valence-electron chi connectivity index (χ2n) is 10.1. The Morgan fingerprint density at radius 3 is 2.33 bits per heavy atom. The van der Waals surface area contributed by atoms with E-state index in [1.165, 1.54) is 32.6 Å². The van der Waals surface area contributed by atoms with E-state index in [0.717, 1.165) is 48.4 Å². The Kier molecular flexibility index (Phi) is 4.54. The SMILES string of the molecule is Clc1cc2nc(-c3ccc(-n4c5ccccc5c5ccc6ccccc6c54)cc3)sc2c2c1oc1ccccc12. The number of hydrogen-bond donors (Lipinski definition) is 0. The van der Waals surface area contributed by atoms with Gasteiger partial charge in [0.15, 0.2) is 5.58 Å². The molecule has 188 valence electrons. The van der Waals surface area contributed by atoms with Crippen LogP contribution in [-0.4, -0.2) is 9.55 Å². The monoisotopic (exact) mass is 550 g/mol. The first kappa shape index (κ1) is 22.2. The molecule has 3 aromatic heterocycles. The number of para-hydroxylation sites is 2. The molecule has 0 atom stereocenters. The Morgan fingerprint density at radius 1 is 0.700 bits per heavy atom. The van der Waals surface area contributed by atoms with Crippen molar-refractivity contribution >= 4 is 87.7 Å². The van der Waals surface area contributed by atoms with Gasteiger partial charge in [0.05, 0.1) is 26.3 Å². The second-order valence-corrected chi connectivity index (χ2v) is 11.5. The lowest BCUT2D eigenvalue weighted by molar-refractivity contribution is 0.669. The quantitative estimate of drug-likeness (QED) is 0.214. The van der Waals surface area contributed by atoms with E-state index >= 15 is 0 Å². The number of furan rings is 1. The number of aromatic nitrogens is 2. The zero-order valence-electron chi connectivity index (χ0n) is 21.1. The number of benzene rings is 6. The van der Waals surface area contributed by atoms with Gasteiger partial charge in [0.2, 0.25) is 0 Å². The van der Waals surface area contributed by atoms with E-state index in [-0.39, 0.29) is 0 Å². The average molecular weight is 551 g/mol. The molecule has 0 spiro atoms. The lowest BCUT2D eigenvalue weighted by Crippen LogP contribution is -1.94. The fourth-order valence-electron chi connectivity index (χ4n) is 6.11. The molecule has 5 heteroatoms. The van der Waals surface area contributed by atoms with Gasteiger partial charge in [-0.25, -0.2) is 4.98 Å². The van der Waals surface area contributed by atoms with Crippen molar-refractivity contribution in [1.82, 2.24) is 9.55 Å².